The van der Waals surface area contributed by atoms with Crippen LogP contribution in [-0.4, -0.2) is 4.57 Å². The predicted molar refractivity (Wildman–Crippen MR) is 282 cm³/mol. The topological polar surface area (TPSA) is 8.17 Å². The van der Waals surface area contributed by atoms with Gasteiger partial charge in [0.05, 0.1) is 11.0 Å². The average Bonchev–Trinajstić information content (AvgIpc) is 3.85. The van der Waals surface area contributed by atoms with E-state index in [0.717, 1.165) is 33.8 Å². The number of fused-ring (bicyclic) bond motifs is 9. The molecule has 0 amide bonds. The van der Waals surface area contributed by atoms with Gasteiger partial charge in [0.2, 0.25) is 0 Å². The molecule has 1 heterocycles. The van der Waals surface area contributed by atoms with Crippen molar-refractivity contribution in [2.24, 2.45) is 0 Å². The maximum Gasteiger partial charge on any atom is 0.0547 e. The number of anilines is 3. The summed E-state index contributed by atoms with van der Waals surface area (Å²) in [6, 6.07) is 90.8. The van der Waals surface area contributed by atoms with Gasteiger partial charge >= 0.3 is 0 Å². The molecule has 67 heavy (non-hydrogen) atoms. The molecule has 2 nitrogen and oxygen atoms in total. The molecule has 0 atom stereocenters. The first-order chi connectivity index (χ1) is 33.0. The molecular formula is C65H44N2. The van der Waals surface area contributed by atoms with Gasteiger partial charge in [0, 0.05) is 44.5 Å². The van der Waals surface area contributed by atoms with Crippen LogP contribution in [-0.2, 0) is 5.41 Å². The lowest BCUT2D eigenvalue weighted by Gasteiger charge is -2.26. The van der Waals surface area contributed by atoms with E-state index < -0.39 is 0 Å². The van der Waals surface area contributed by atoms with Crippen LogP contribution < -0.4 is 4.90 Å². The Morgan fingerprint density at radius 3 is 1.91 bits per heavy atom. The lowest BCUT2D eigenvalue weighted by atomic mass is 9.82. The summed E-state index contributed by atoms with van der Waals surface area (Å²) in [5.41, 5.74) is 19.0. The number of rotatable bonds is 7. The lowest BCUT2D eigenvalue weighted by Crippen LogP contribution is -2.15. The smallest absolute Gasteiger partial charge is 0.0547 e. The SMILES string of the molecule is CC1(C)c2ccccc2-c2ccc(-n3c4ccccc4c4c(-c5cccc(N(c6ccc(-c7c#cccc7)cc6)c6ccc(-c7ccc8c(ccc9ccccc98)c7)cc6)c5)cccc43)cc21. The van der Waals surface area contributed by atoms with Crippen LogP contribution in [0.25, 0.3) is 93.5 Å². The molecule has 0 radical (unpaired) electrons. The highest BCUT2D eigenvalue weighted by Gasteiger charge is 2.35. The zero-order valence-corrected chi connectivity index (χ0v) is 37.3. The van der Waals surface area contributed by atoms with Crippen molar-refractivity contribution in [2.45, 2.75) is 19.3 Å². The first kappa shape index (κ1) is 38.8. The standard InChI is InChI=1S/C65H44N2/c1-65(2)60-23-10-8-20-57(60)58-39-37-53(42-61(58)65)67-62-24-11-9-21-59(62)64-56(22-13-25-63(64)67)48-17-12-18-52(41-48)66(50-33-28-44(29-34-50)43-14-4-3-5-15-43)51-35-30-45(31-36-51)47-32-38-55-49(40-47)27-26-46-16-6-7-19-54(46)55/h3-4,6-14,16-42H,1-2H3. The molecule has 0 N–H and O–H groups in total. The summed E-state index contributed by atoms with van der Waals surface area (Å²) in [4.78, 5) is 2.37. The van der Waals surface area contributed by atoms with Crippen molar-refractivity contribution in [3.63, 3.8) is 0 Å². The van der Waals surface area contributed by atoms with Gasteiger partial charge in [-0.25, -0.2) is 0 Å². The minimum absolute atomic E-state index is 0.0937. The second-order valence-electron chi connectivity index (χ2n) is 18.4. The van der Waals surface area contributed by atoms with Gasteiger partial charge < -0.3 is 9.47 Å². The Hall–Kier alpha value is -8.64. The Morgan fingerprint density at radius 1 is 0.403 bits per heavy atom. The van der Waals surface area contributed by atoms with Gasteiger partial charge in [-0.1, -0.05) is 178 Å². The fourth-order valence-corrected chi connectivity index (χ4v) is 10.9. The van der Waals surface area contributed by atoms with E-state index >= 15 is 0 Å². The average molecular weight is 853 g/mol. The molecule has 0 saturated heterocycles. The van der Waals surface area contributed by atoms with E-state index in [9.17, 15) is 0 Å². The molecule has 1 aromatic heterocycles. The molecule has 11 aromatic carbocycles. The third kappa shape index (κ3) is 6.28. The third-order valence-electron chi connectivity index (χ3n) is 14.2. The quantitative estimate of drug-likeness (QED) is 0.145. The van der Waals surface area contributed by atoms with Crippen molar-refractivity contribution in [3.8, 4) is 50.2 Å². The molecule has 12 aromatic rings. The van der Waals surface area contributed by atoms with Crippen LogP contribution >= 0.6 is 0 Å². The van der Waals surface area contributed by atoms with Gasteiger partial charge in [0.15, 0.2) is 0 Å². The van der Waals surface area contributed by atoms with E-state index in [1.165, 1.54) is 88.0 Å². The normalized spacial score (nSPS) is 12.6. The molecule has 0 fully saturated rings. The molecular weight excluding hydrogens is 809 g/mol. The summed E-state index contributed by atoms with van der Waals surface area (Å²) in [5, 5.41) is 7.55. The Kier molecular flexibility index (Phi) is 8.82. The zero-order chi connectivity index (χ0) is 44.6. The van der Waals surface area contributed by atoms with Crippen LogP contribution in [0.1, 0.15) is 25.0 Å². The number of hydrogen-bond donors (Lipinski definition) is 0. The van der Waals surface area contributed by atoms with Gasteiger partial charge in [-0.3, -0.25) is 0 Å². The maximum absolute atomic E-state index is 3.28. The molecule has 0 bridgehead atoms. The van der Waals surface area contributed by atoms with Gasteiger partial charge in [0.25, 0.3) is 0 Å². The molecule has 0 saturated carbocycles. The number of para-hydroxylation sites is 1. The Labute approximate surface area is 391 Å². The molecule has 1 aliphatic rings. The van der Waals surface area contributed by atoms with E-state index in [1.54, 1.807) is 0 Å². The molecule has 13 rings (SSSR count). The Balaban J connectivity index is 0.925. The second kappa shape index (κ2) is 15.2. The van der Waals surface area contributed by atoms with E-state index in [4.69, 9.17) is 0 Å². The van der Waals surface area contributed by atoms with Gasteiger partial charge in [-0.2, -0.15) is 0 Å². The Morgan fingerprint density at radius 2 is 1.07 bits per heavy atom. The van der Waals surface area contributed by atoms with Crippen LogP contribution in [0, 0.1) is 12.1 Å². The van der Waals surface area contributed by atoms with Gasteiger partial charge in [-0.05, 0) is 150 Å². The lowest BCUT2D eigenvalue weighted by molar-refractivity contribution is 0.660. The van der Waals surface area contributed by atoms with E-state index in [-0.39, 0.29) is 5.41 Å². The van der Waals surface area contributed by atoms with Crippen LogP contribution in [0.4, 0.5) is 17.1 Å². The van der Waals surface area contributed by atoms with Crippen molar-refractivity contribution >= 4 is 60.4 Å². The van der Waals surface area contributed by atoms with Crippen molar-refractivity contribution in [2.75, 3.05) is 4.90 Å². The van der Waals surface area contributed by atoms with E-state index in [1.807, 2.05) is 12.1 Å². The fourth-order valence-electron chi connectivity index (χ4n) is 10.9. The summed E-state index contributed by atoms with van der Waals surface area (Å²) >= 11 is 0. The van der Waals surface area contributed by atoms with E-state index in [2.05, 4.69) is 254 Å². The van der Waals surface area contributed by atoms with Crippen molar-refractivity contribution in [3.05, 3.63) is 254 Å². The predicted octanol–water partition coefficient (Wildman–Crippen LogP) is 17.5. The highest BCUT2D eigenvalue weighted by atomic mass is 15.1. The molecule has 2 heteroatoms. The number of nitrogens with zero attached hydrogens (tertiary/aromatic N) is 2. The van der Waals surface area contributed by atoms with Crippen molar-refractivity contribution < 1.29 is 0 Å². The summed E-state index contributed by atoms with van der Waals surface area (Å²) < 4.78 is 2.46. The van der Waals surface area contributed by atoms with Crippen LogP contribution in [0.5, 0.6) is 0 Å². The summed E-state index contributed by atoms with van der Waals surface area (Å²) in [6.45, 7) is 4.72. The van der Waals surface area contributed by atoms with Crippen LogP contribution in [0.2, 0.25) is 0 Å². The molecule has 0 unspecified atom stereocenters. The first-order valence-electron chi connectivity index (χ1n) is 23.2. The van der Waals surface area contributed by atoms with Gasteiger partial charge in [-0.15, -0.1) is 0 Å². The maximum atomic E-state index is 3.28. The van der Waals surface area contributed by atoms with Crippen LogP contribution in [0.3, 0.4) is 0 Å². The highest BCUT2D eigenvalue weighted by Crippen LogP contribution is 2.50. The van der Waals surface area contributed by atoms with Gasteiger partial charge in [0.1, 0.15) is 0 Å². The molecule has 0 aliphatic heterocycles. The van der Waals surface area contributed by atoms with Crippen molar-refractivity contribution in [1.29, 1.82) is 0 Å². The number of aromatic nitrogens is 1. The third-order valence-corrected chi connectivity index (χ3v) is 14.2. The summed E-state index contributed by atoms with van der Waals surface area (Å²) in [7, 11) is 0. The molecule has 0 spiro atoms. The first-order valence-corrected chi connectivity index (χ1v) is 23.2. The zero-order valence-electron chi connectivity index (χ0n) is 37.3. The Bertz CT molecular complexity index is 3870. The minimum Gasteiger partial charge on any atom is -0.310 e. The van der Waals surface area contributed by atoms with Crippen molar-refractivity contribution in [1.82, 2.24) is 4.57 Å². The largest absolute Gasteiger partial charge is 0.310 e. The van der Waals surface area contributed by atoms with Crippen LogP contribution in [0.15, 0.2) is 231 Å². The highest BCUT2D eigenvalue weighted by molar-refractivity contribution is 6.16. The molecule has 314 valence electrons. The number of benzene rings is 10. The fraction of sp³-hybridized carbons (Fsp3) is 0.0462. The monoisotopic (exact) mass is 852 g/mol. The number of hydrogen-bond acceptors (Lipinski definition) is 1. The summed E-state index contributed by atoms with van der Waals surface area (Å²) in [5.74, 6) is 0. The van der Waals surface area contributed by atoms with E-state index in [0.29, 0.717) is 0 Å². The second-order valence-corrected chi connectivity index (χ2v) is 18.4. The summed E-state index contributed by atoms with van der Waals surface area (Å²) in [6.07, 6.45) is 0. The minimum atomic E-state index is -0.0937. The molecule has 1 aliphatic carbocycles.